The average molecular weight is 346 g/mol. The highest BCUT2D eigenvalue weighted by Gasteiger charge is 2.20. The zero-order valence-electron chi connectivity index (χ0n) is 14.5. The molecule has 1 saturated heterocycles. The molecule has 1 fully saturated rings. The molecule has 0 aromatic carbocycles. The second-order valence-corrected chi connectivity index (χ2v) is 5.96. The van der Waals surface area contributed by atoms with Gasteiger partial charge in [0.25, 0.3) is 0 Å². The van der Waals surface area contributed by atoms with Crippen LogP contribution in [0.25, 0.3) is 5.65 Å². The van der Waals surface area contributed by atoms with Gasteiger partial charge in [-0.3, -0.25) is 4.90 Å². The Kier molecular flexibility index (Phi) is 5.18. The van der Waals surface area contributed by atoms with Gasteiger partial charge in [-0.1, -0.05) is 0 Å². The normalized spacial score (nSPS) is 15.8. The molecular formula is C17H22N4O4. The van der Waals surface area contributed by atoms with Crippen molar-refractivity contribution in [1.29, 1.82) is 0 Å². The quantitative estimate of drug-likeness (QED) is 0.782. The maximum atomic E-state index is 11.9. The Morgan fingerprint density at radius 1 is 1.16 bits per heavy atom. The van der Waals surface area contributed by atoms with E-state index in [0.29, 0.717) is 30.8 Å². The molecule has 3 rings (SSSR count). The van der Waals surface area contributed by atoms with Gasteiger partial charge in [-0.2, -0.15) is 0 Å². The highest BCUT2D eigenvalue weighted by molar-refractivity contribution is 5.95. The molecule has 0 saturated carbocycles. The third-order valence-corrected chi connectivity index (χ3v) is 4.34. The fourth-order valence-corrected chi connectivity index (χ4v) is 3.08. The van der Waals surface area contributed by atoms with Crippen LogP contribution >= 0.6 is 0 Å². The van der Waals surface area contributed by atoms with Crippen LogP contribution in [-0.4, -0.2) is 71.6 Å². The molecule has 1 amide bonds. The monoisotopic (exact) mass is 346 g/mol. The number of hydrogen-bond donors (Lipinski definition) is 0. The highest BCUT2D eigenvalue weighted by Crippen LogP contribution is 2.15. The van der Waals surface area contributed by atoms with Crippen LogP contribution in [0.4, 0.5) is 4.79 Å². The van der Waals surface area contributed by atoms with Gasteiger partial charge in [0.05, 0.1) is 19.9 Å². The summed E-state index contributed by atoms with van der Waals surface area (Å²) >= 11 is 0. The van der Waals surface area contributed by atoms with Gasteiger partial charge >= 0.3 is 12.1 Å². The lowest BCUT2D eigenvalue weighted by Gasteiger charge is -2.20. The first kappa shape index (κ1) is 17.2. The van der Waals surface area contributed by atoms with Gasteiger partial charge in [0, 0.05) is 45.1 Å². The number of esters is 1. The minimum atomic E-state index is -0.397. The van der Waals surface area contributed by atoms with Crippen LogP contribution in [0.3, 0.4) is 0 Å². The van der Waals surface area contributed by atoms with E-state index in [1.807, 2.05) is 16.8 Å². The smallest absolute Gasteiger partial charge is 0.409 e. The number of nitrogens with zero attached hydrogens (tertiary/aromatic N) is 4. The van der Waals surface area contributed by atoms with Gasteiger partial charge in [0.15, 0.2) is 5.65 Å². The summed E-state index contributed by atoms with van der Waals surface area (Å²) in [4.78, 5) is 32.1. The molecule has 1 aliphatic heterocycles. The summed E-state index contributed by atoms with van der Waals surface area (Å²) in [5.74, 6) is -0.397. The number of ether oxygens (including phenoxy) is 2. The van der Waals surface area contributed by atoms with E-state index in [0.717, 1.165) is 25.2 Å². The standard InChI is InChI=1S/C17H22N4O4/c1-24-16(22)14-5-3-7-21-12-13(18-15(14)21)11-19-6-4-8-20(10-9-19)17(23)25-2/h3,5,7,12H,4,6,8-11H2,1-2H3. The topological polar surface area (TPSA) is 76.4 Å². The predicted molar refractivity (Wildman–Crippen MR) is 90.4 cm³/mol. The van der Waals surface area contributed by atoms with Gasteiger partial charge in [-0.05, 0) is 18.6 Å². The number of methoxy groups -OCH3 is 2. The largest absolute Gasteiger partial charge is 0.465 e. The molecule has 0 bridgehead atoms. The zero-order valence-corrected chi connectivity index (χ0v) is 14.5. The number of aromatic nitrogens is 2. The van der Waals surface area contributed by atoms with Crippen LogP contribution < -0.4 is 0 Å². The molecule has 0 unspecified atom stereocenters. The summed E-state index contributed by atoms with van der Waals surface area (Å²) in [7, 11) is 2.76. The van der Waals surface area contributed by atoms with Crippen molar-refractivity contribution in [3.8, 4) is 0 Å². The van der Waals surface area contributed by atoms with Crippen LogP contribution in [-0.2, 0) is 16.0 Å². The third-order valence-electron chi connectivity index (χ3n) is 4.34. The molecule has 2 aromatic rings. The lowest BCUT2D eigenvalue weighted by molar-refractivity contribution is 0.0602. The maximum absolute atomic E-state index is 11.9. The predicted octanol–water partition coefficient (Wildman–Crippen LogP) is 1.40. The van der Waals surface area contributed by atoms with Crippen molar-refractivity contribution in [2.24, 2.45) is 0 Å². The number of rotatable bonds is 3. The molecule has 134 valence electrons. The summed E-state index contributed by atoms with van der Waals surface area (Å²) < 4.78 is 11.4. The molecule has 8 nitrogen and oxygen atoms in total. The fraction of sp³-hybridized carbons (Fsp3) is 0.471. The highest BCUT2D eigenvalue weighted by atomic mass is 16.5. The summed E-state index contributed by atoms with van der Waals surface area (Å²) in [6.07, 6.45) is 4.39. The molecule has 25 heavy (non-hydrogen) atoms. The van der Waals surface area contributed by atoms with Crippen molar-refractivity contribution in [3.05, 3.63) is 35.8 Å². The molecule has 0 N–H and O–H groups in total. The Balaban J connectivity index is 1.73. The second-order valence-electron chi connectivity index (χ2n) is 5.96. The van der Waals surface area contributed by atoms with Crippen LogP contribution in [0.1, 0.15) is 22.5 Å². The van der Waals surface area contributed by atoms with E-state index >= 15 is 0 Å². The maximum Gasteiger partial charge on any atom is 0.409 e. The molecule has 0 radical (unpaired) electrons. The van der Waals surface area contributed by atoms with Crippen LogP contribution in [0, 0.1) is 0 Å². The Morgan fingerprint density at radius 2 is 2.00 bits per heavy atom. The molecule has 0 spiro atoms. The first-order valence-corrected chi connectivity index (χ1v) is 8.22. The number of pyridine rings is 1. The van der Waals surface area contributed by atoms with Crippen LogP contribution in [0.5, 0.6) is 0 Å². The molecule has 8 heteroatoms. The van der Waals surface area contributed by atoms with Crippen molar-refractivity contribution in [2.75, 3.05) is 40.4 Å². The zero-order chi connectivity index (χ0) is 17.8. The van der Waals surface area contributed by atoms with E-state index < -0.39 is 5.97 Å². The van der Waals surface area contributed by atoms with Crippen LogP contribution in [0.2, 0.25) is 0 Å². The molecule has 3 heterocycles. The first-order chi connectivity index (χ1) is 12.1. The van der Waals surface area contributed by atoms with Gasteiger partial charge < -0.3 is 18.8 Å². The van der Waals surface area contributed by atoms with E-state index in [-0.39, 0.29) is 6.09 Å². The van der Waals surface area contributed by atoms with Crippen molar-refractivity contribution in [2.45, 2.75) is 13.0 Å². The van der Waals surface area contributed by atoms with Crippen molar-refractivity contribution in [3.63, 3.8) is 0 Å². The number of carbonyl (C=O) groups is 2. The molecule has 0 atom stereocenters. The molecule has 0 aliphatic carbocycles. The van der Waals surface area contributed by atoms with E-state index in [2.05, 4.69) is 9.88 Å². The number of imidazole rings is 1. The Bertz CT molecular complexity index is 773. The lowest BCUT2D eigenvalue weighted by Crippen LogP contribution is -2.34. The number of amides is 1. The summed E-state index contributed by atoms with van der Waals surface area (Å²) in [5, 5.41) is 0. The SMILES string of the molecule is COC(=O)c1cccn2cc(CN3CCCN(C(=O)OC)CC3)nc12. The van der Waals surface area contributed by atoms with Crippen molar-refractivity contribution in [1.82, 2.24) is 19.2 Å². The lowest BCUT2D eigenvalue weighted by atomic mass is 10.3. The number of carbonyl (C=O) groups excluding carboxylic acids is 2. The van der Waals surface area contributed by atoms with Gasteiger partial charge in [-0.15, -0.1) is 0 Å². The second kappa shape index (κ2) is 7.52. The van der Waals surface area contributed by atoms with Crippen LogP contribution in [0.15, 0.2) is 24.5 Å². The van der Waals surface area contributed by atoms with Crippen molar-refractivity contribution >= 4 is 17.7 Å². The summed E-state index contributed by atoms with van der Waals surface area (Å²) in [6, 6.07) is 3.50. The molecule has 1 aliphatic rings. The Hall–Kier alpha value is -2.61. The summed E-state index contributed by atoms with van der Waals surface area (Å²) in [5.41, 5.74) is 1.92. The minimum absolute atomic E-state index is 0.280. The van der Waals surface area contributed by atoms with Gasteiger partial charge in [0.2, 0.25) is 0 Å². The van der Waals surface area contributed by atoms with E-state index in [9.17, 15) is 9.59 Å². The Labute approximate surface area is 145 Å². The summed E-state index contributed by atoms with van der Waals surface area (Å²) in [6.45, 7) is 3.63. The van der Waals surface area contributed by atoms with Crippen molar-refractivity contribution < 1.29 is 19.1 Å². The number of fused-ring (bicyclic) bond motifs is 1. The Morgan fingerprint density at radius 3 is 2.76 bits per heavy atom. The average Bonchev–Trinajstić information content (AvgIpc) is 2.90. The van der Waals surface area contributed by atoms with Gasteiger partial charge in [-0.25, -0.2) is 14.6 Å². The van der Waals surface area contributed by atoms with E-state index in [1.165, 1.54) is 14.2 Å². The minimum Gasteiger partial charge on any atom is -0.465 e. The number of hydrogen-bond acceptors (Lipinski definition) is 6. The fourth-order valence-electron chi connectivity index (χ4n) is 3.08. The molecular weight excluding hydrogens is 324 g/mol. The van der Waals surface area contributed by atoms with E-state index in [1.54, 1.807) is 17.0 Å². The van der Waals surface area contributed by atoms with E-state index in [4.69, 9.17) is 9.47 Å². The first-order valence-electron chi connectivity index (χ1n) is 8.22. The third kappa shape index (κ3) is 3.74. The van der Waals surface area contributed by atoms with Gasteiger partial charge in [0.1, 0.15) is 5.56 Å². The molecule has 2 aromatic heterocycles.